The maximum absolute atomic E-state index is 12.1. The summed E-state index contributed by atoms with van der Waals surface area (Å²) in [6, 6.07) is 7.83. The van der Waals surface area contributed by atoms with Crippen LogP contribution in [0.5, 0.6) is 0 Å². The second-order valence-corrected chi connectivity index (χ2v) is 5.37. The number of rotatable bonds is 3. The van der Waals surface area contributed by atoms with Crippen molar-refractivity contribution in [2.24, 2.45) is 5.92 Å². The van der Waals surface area contributed by atoms with Crippen molar-refractivity contribution in [2.75, 3.05) is 5.32 Å². The fraction of sp³-hybridized carbons (Fsp3) is 0.467. The lowest BCUT2D eigenvalue weighted by atomic mass is 9.87. The van der Waals surface area contributed by atoms with Crippen molar-refractivity contribution in [2.45, 2.75) is 38.5 Å². The van der Waals surface area contributed by atoms with E-state index < -0.39 is 0 Å². The molecule has 1 aromatic carbocycles. The molecule has 1 saturated carbocycles. The summed E-state index contributed by atoms with van der Waals surface area (Å²) in [5.41, 5.74) is 0.954. The number of hydrogen-bond donors (Lipinski definition) is 2. The molecule has 1 aliphatic carbocycles. The normalized spacial score (nSPS) is 16.6. The molecule has 0 bridgehead atoms. The average Bonchev–Trinajstić information content (AvgIpc) is 2.83. The number of nitrogens with one attached hydrogen (secondary N) is 2. The number of amides is 1. The molecule has 0 saturated heterocycles. The summed E-state index contributed by atoms with van der Waals surface area (Å²) in [5.74, 6) is 1.29. The van der Waals surface area contributed by atoms with E-state index in [9.17, 15) is 4.79 Å². The SMILES string of the molecule is O=C(CC1CCCCC1)Nc1n[nH]c2ccccc12. The molecule has 4 nitrogen and oxygen atoms in total. The van der Waals surface area contributed by atoms with Crippen LogP contribution in [-0.2, 0) is 4.79 Å². The van der Waals surface area contributed by atoms with Gasteiger partial charge in [0.05, 0.1) is 5.52 Å². The lowest BCUT2D eigenvalue weighted by Crippen LogP contribution is -2.18. The first kappa shape index (κ1) is 12.2. The molecular weight excluding hydrogens is 238 g/mol. The molecule has 1 aliphatic rings. The molecule has 0 spiro atoms. The maximum Gasteiger partial charge on any atom is 0.225 e. The Hall–Kier alpha value is -1.84. The van der Waals surface area contributed by atoms with Crippen molar-refractivity contribution in [3.8, 4) is 0 Å². The number of carbonyl (C=O) groups excluding carboxylic acids is 1. The van der Waals surface area contributed by atoms with Crippen molar-refractivity contribution in [1.82, 2.24) is 10.2 Å². The molecule has 0 unspecified atom stereocenters. The van der Waals surface area contributed by atoms with Gasteiger partial charge in [0.1, 0.15) is 0 Å². The Morgan fingerprint density at radius 1 is 1.26 bits per heavy atom. The smallest absolute Gasteiger partial charge is 0.225 e. The molecule has 100 valence electrons. The number of H-pyrrole nitrogens is 1. The van der Waals surface area contributed by atoms with Crippen LogP contribution in [0, 0.1) is 5.92 Å². The quantitative estimate of drug-likeness (QED) is 0.884. The van der Waals surface area contributed by atoms with E-state index in [4.69, 9.17) is 0 Å². The van der Waals surface area contributed by atoms with E-state index in [1.165, 1.54) is 32.1 Å². The van der Waals surface area contributed by atoms with Gasteiger partial charge >= 0.3 is 0 Å². The van der Waals surface area contributed by atoms with Gasteiger partial charge in [-0.1, -0.05) is 31.4 Å². The van der Waals surface area contributed by atoms with Gasteiger partial charge in [-0.2, -0.15) is 5.10 Å². The van der Waals surface area contributed by atoms with Gasteiger partial charge in [0.25, 0.3) is 0 Å². The van der Waals surface area contributed by atoms with Gasteiger partial charge in [0.15, 0.2) is 5.82 Å². The predicted molar refractivity (Wildman–Crippen MR) is 75.9 cm³/mol. The molecule has 1 heterocycles. The number of hydrogen-bond acceptors (Lipinski definition) is 2. The van der Waals surface area contributed by atoms with E-state index in [1.54, 1.807) is 0 Å². The van der Waals surface area contributed by atoms with Crippen LogP contribution in [0.25, 0.3) is 10.9 Å². The van der Waals surface area contributed by atoms with Crippen molar-refractivity contribution in [1.29, 1.82) is 0 Å². The van der Waals surface area contributed by atoms with E-state index >= 15 is 0 Å². The summed E-state index contributed by atoms with van der Waals surface area (Å²) >= 11 is 0. The Labute approximate surface area is 112 Å². The third-order valence-corrected chi connectivity index (χ3v) is 3.93. The summed E-state index contributed by atoms with van der Waals surface area (Å²) in [7, 11) is 0. The minimum atomic E-state index is 0.0872. The number of fused-ring (bicyclic) bond motifs is 1. The number of anilines is 1. The minimum absolute atomic E-state index is 0.0872. The maximum atomic E-state index is 12.1. The molecule has 3 rings (SSSR count). The van der Waals surface area contributed by atoms with Crippen LogP contribution in [-0.4, -0.2) is 16.1 Å². The van der Waals surface area contributed by atoms with Crippen LogP contribution < -0.4 is 5.32 Å². The Bertz CT molecular complexity index is 570. The van der Waals surface area contributed by atoms with E-state index in [2.05, 4.69) is 15.5 Å². The first-order chi connectivity index (χ1) is 9.33. The molecule has 2 aromatic rings. The fourth-order valence-corrected chi connectivity index (χ4v) is 2.90. The third-order valence-electron chi connectivity index (χ3n) is 3.93. The summed E-state index contributed by atoms with van der Waals surface area (Å²) < 4.78 is 0. The van der Waals surface area contributed by atoms with Gasteiger partial charge in [0.2, 0.25) is 5.91 Å². The summed E-state index contributed by atoms with van der Waals surface area (Å²) in [6.45, 7) is 0. The van der Waals surface area contributed by atoms with E-state index in [0.29, 0.717) is 18.2 Å². The predicted octanol–water partition coefficient (Wildman–Crippen LogP) is 3.47. The van der Waals surface area contributed by atoms with Gasteiger partial charge in [0, 0.05) is 11.8 Å². The molecule has 0 radical (unpaired) electrons. The Balaban J connectivity index is 1.65. The standard InChI is InChI=1S/C15H19N3O/c19-14(10-11-6-2-1-3-7-11)16-15-12-8-4-5-9-13(12)17-18-15/h4-5,8-9,11H,1-3,6-7,10H2,(H2,16,17,18,19). The largest absolute Gasteiger partial charge is 0.309 e. The molecule has 2 N–H and O–H groups in total. The summed E-state index contributed by atoms with van der Waals surface area (Å²) in [4.78, 5) is 12.1. The second kappa shape index (κ2) is 5.43. The third kappa shape index (κ3) is 2.78. The zero-order valence-electron chi connectivity index (χ0n) is 11.0. The highest BCUT2D eigenvalue weighted by atomic mass is 16.1. The van der Waals surface area contributed by atoms with Crippen LogP contribution in [0.1, 0.15) is 38.5 Å². The van der Waals surface area contributed by atoms with Crippen molar-refractivity contribution in [3.63, 3.8) is 0 Å². The topological polar surface area (TPSA) is 57.8 Å². The molecule has 19 heavy (non-hydrogen) atoms. The molecule has 1 amide bonds. The van der Waals surface area contributed by atoms with Crippen LogP contribution in [0.3, 0.4) is 0 Å². The van der Waals surface area contributed by atoms with E-state index in [0.717, 1.165) is 10.9 Å². The number of carbonyl (C=O) groups is 1. The zero-order valence-corrected chi connectivity index (χ0v) is 11.0. The Morgan fingerprint density at radius 3 is 2.89 bits per heavy atom. The van der Waals surface area contributed by atoms with Gasteiger partial charge in [-0.3, -0.25) is 9.89 Å². The van der Waals surface area contributed by atoms with Crippen LogP contribution >= 0.6 is 0 Å². The van der Waals surface area contributed by atoms with E-state index in [1.807, 2.05) is 24.3 Å². The summed E-state index contributed by atoms with van der Waals surface area (Å²) in [5, 5.41) is 11.0. The summed E-state index contributed by atoms with van der Waals surface area (Å²) in [6.07, 6.45) is 6.86. The molecule has 0 aliphatic heterocycles. The first-order valence-corrected chi connectivity index (χ1v) is 7.06. The first-order valence-electron chi connectivity index (χ1n) is 7.06. The highest BCUT2D eigenvalue weighted by Crippen LogP contribution is 2.27. The van der Waals surface area contributed by atoms with Crippen molar-refractivity contribution < 1.29 is 4.79 Å². The minimum Gasteiger partial charge on any atom is -0.309 e. The monoisotopic (exact) mass is 257 g/mol. The lowest BCUT2D eigenvalue weighted by Gasteiger charge is -2.20. The van der Waals surface area contributed by atoms with Crippen LogP contribution in [0.4, 0.5) is 5.82 Å². The number of benzene rings is 1. The van der Waals surface area contributed by atoms with E-state index in [-0.39, 0.29) is 5.91 Å². The van der Waals surface area contributed by atoms with Gasteiger partial charge in [-0.05, 0) is 30.9 Å². The van der Waals surface area contributed by atoms with Crippen molar-refractivity contribution >= 4 is 22.6 Å². The van der Waals surface area contributed by atoms with Gasteiger partial charge in [-0.25, -0.2) is 0 Å². The molecule has 1 aromatic heterocycles. The van der Waals surface area contributed by atoms with Crippen molar-refractivity contribution in [3.05, 3.63) is 24.3 Å². The van der Waals surface area contributed by atoms with Gasteiger partial charge < -0.3 is 5.32 Å². The number of aromatic amines is 1. The average molecular weight is 257 g/mol. The highest BCUT2D eigenvalue weighted by molar-refractivity contribution is 5.99. The number of para-hydroxylation sites is 1. The Kier molecular flexibility index (Phi) is 3.49. The highest BCUT2D eigenvalue weighted by Gasteiger charge is 2.18. The molecular formula is C15H19N3O. The number of aromatic nitrogens is 2. The molecule has 1 fully saturated rings. The zero-order chi connectivity index (χ0) is 13.1. The molecule has 4 heteroatoms. The van der Waals surface area contributed by atoms with Crippen LogP contribution in [0.2, 0.25) is 0 Å². The second-order valence-electron chi connectivity index (χ2n) is 5.37. The Morgan fingerprint density at radius 2 is 2.05 bits per heavy atom. The van der Waals surface area contributed by atoms with Crippen LogP contribution in [0.15, 0.2) is 24.3 Å². The number of nitrogens with zero attached hydrogens (tertiary/aromatic N) is 1. The molecule has 0 atom stereocenters. The van der Waals surface area contributed by atoms with Gasteiger partial charge in [-0.15, -0.1) is 0 Å². The lowest BCUT2D eigenvalue weighted by molar-refractivity contribution is -0.117. The fourth-order valence-electron chi connectivity index (χ4n) is 2.90.